The Balaban J connectivity index is 1.25. The number of benzene rings is 2. The SMILES string of the molecule is CCN(CCCOc1ccc2ccc(=O)oc2c1)C[C@H]1COc2ccc(O)cc2O1. The number of fused-ring (bicyclic) bond motifs is 2. The summed E-state index contributed by atoms with van der Waals surface area (Å²) >= 11 is 0. The van der Waals surface area contributed by atoms with Crippen LogP contribution in [0.3, 0.4) is 0 Å². The number of phenolic OH excluding ortho intramolecular Hbond substituents is 1. The molecule has 158 valence electrons. The molecule has 1 aliphatic heterocycles. The molecule has 4 rings (SSSR count). The Labute approximate surface area is 174 Å². The van der Waals surface area contributed by atoms with E-state index in [2.05, 4.69) is 11.8 Å². The predicted octanol–water partition coefficient (Wildman–Crippen LogP) is 3.43. The quantitative estimate of drug-likeness (QED) is 0.449. The molecule has 1 aliphatic rings. The number of rotatable bonds is 8. The molecule has 30 heavy (non-hydrogen) atoms. The van der Waals surface area contributed by atoms with Crippen LogP contribution >= 0.6 is 0 Å². The van der Waals surface area contributed by atoms with Crippen LogP contribution in [-0.4, -0.2) is 49.0 Å². The molecule has 1 aromatic heterocycles. The molecule has 0 saturated heterocycles. The summed E-state index contributed by atoms with van der Waals surface area (Å²) in [5.41, 5.74) is 0.154. The Bertz CT molecular complexity index is 1060. The Morgan fingerprint density at radius 2 is 2.00 bits per heavy atom. The van der Waals surface area contributed by atoms with Gasteiger partial charge in [-0.25, -0.2) is 4.79 Å². The van der Waals surface area contributed by atoms with Gasteiger partial charge < -0.3 is 23.7 Å². The highest BCUT2D eigenvalue weighted by Gasteiger charge is 2.23. The van der Waals surface area contributed by atoms with E-state index in [0.717, 1.165) is 31.4 Å². The molecule has 1 N–H and O–H groups in total. The van der Waals surface area contributed by atoms with Crippen molar-refractivity contribution in [3.8, 4) is 23.0 Å². The van der Waals surface area contributed by atoms with Gasteiger partial charge in [0.2, 0.25) is 0 Å². The van der Waals surface area contributed by atoms with Gasteiger partial charge >= 0.3 is 5.63 Å². The third kappa shape index (κ3) is 4.86. The molecule has 0 fully saturated rings. The molecule has 1 atom stereocenters. The lowest BCUT2D eigenvalue weighted by atomic mass is 10.2. The van der Waals surface area contributed by atoms with Crippen LogP contribution in [0.1, 0.15) is 13.3 Å². The summed E-state index contributed by atoms with van der Waals surface area (Å²) in [4.78, 5) is 13.6. The van der Waals surface area contributed by atoms with Crippen LogP contribution in [0.2, 0.25) is 0 Å². The topological polar surface area (TPSA) is 81.4 Å². The van der Waals surface area contributed by atoms with Gasteiger partial charge in [-0.1, -0.05) is 6.92 Å². The minimum atomic E-state index is -0.370. The third-order valence-corrected chi connectivity index (χ3v) is 5.04. The fourth-order valence-electron chi connectivity index (χ4n) is 3.47. The second kappa shape index (κ2) is 9.09. The van der Waals surface area contributed by atoms with Crippen molar-refractivity contribution in [1.82, 2.24) is 4.90 Å². The molecule has 7 heteroatoms. The summed E-state index contributed by atoms with van der Waals surface area (Å²) in [6.07, 6.45) is 0.749. The second-order valence-corrected chi connectivity index (χ2v) is 7.23. The number of nitrogens with zero attached hydrogens (tertiary/aromatic N) is 1. The lowest BCUT2D eigenvalue weighted by Crippen LogP contribution is -2.41. The first kappa shape index (κ1) is 20.1. The maximum absolute atomic E-state index is 11.4. The summed E-state index contributed by atoms with van der Waals surface area (Å²) in [6, 6.07) is 13.5. The molecule has 0 radical (unpaired) electrons. The number of hydrogen-bond donors (Lipinski definition) is 1. The highest BCUT2D eigenvalue weighted by Crippen LogP contribution is 2.34. The monoisotopic (exact) mass is 411 g/mol. The van der Waals surface area contributed by atoms with E-state index in [-0.39, 0.29) is 17.5 Å². The van der Waals surface area contributed by atoms with Crippen molar-refractivity contribution in [2.45, 2.75) is 19.4 Å². The van der Waals surface area contributed by atoms with Gasteiger partial charge in [0.05, 0.1) is 6.61 Å². The van der Waals surface area contributed by atoms with Crippen molar-refractivity contribution in [3.63, 3.8) is 0 Å². The maximum Gasteiger partial charge on any atom is 0.336 e. The summed E-state index contributed by atoms with van der Waals surface area (Å²) < 4.78 is 22.7. The second-order valence-electron chi connectivity index (χ2n) is 7.23. The van der Waals surface area contributed by atoms with Gasteiger partial charge in [-0.3, -0.25) is 4.90 Å². The highest BCUT2D eigenvalue weighted by atomic mass is 16.6. The normalized spacial score (nSPS) is 15.5. The zero-order chi connectivity index (χ0) is 20.9. The minimum Gasteiger partial charge on any atom is -0.508 e. The number of ether oxygens (including phenoxy) is 3. The van der Waals surface area contributed by atoms with Crippen molar-refractivity contribution in [2.75, 3.05) is 32.8 Å². The van der Waals surface area contributed by atoms with Gasteiger partial charge in [0, 0.05) is 36.7 Å². The number of phenols is 1. The average molecular weight is 411 g/mol. The first-order chi connectivity index (χ1) is 14.6. The van der Waals surface area contributed by atoms with E-state index >= 15 is 0 Å². The molecule has 2 aromatic carbocycles. The molecule has 0 aliphatic carbocycles. The van der Waals surface area contributed by atoms with Gasteiger partial charge in [0.15, 0.2) is 11.5 Å². The predicted molar refractivity (Wildman–Crippen MR) is 113 cm³/mol. The number of aromatic hydroxyl groups is 1. The van der Waals surface area contributed by atoms with Gasteiger partial charge in [-0.15, -0.1) is 0 Å². The van der Waals surface area contributed by atoms with Gasteiger partial charge in [-0.2, -0.15) is 0 Å². The third-order valence-electron chi connectivity index (χ3n) is 5.04. The minimum absolute atomic E-state index is 0.0939. The average Bonchev–Trinajstić information content (AvgIpc) is 2.75. The Morgan fingerprint density at radius 1 is 1.13 bits per heavy atom. The van der Waals surface area contributed by atoms with E-state index < -0.39 is 0 Å². The van der Waals surface area contributed by atoms with Gasteiger partial charge in [0.25, 0.3) is 0 Å². The molecular weight excluding hydrogens is 386 g/mol. The van der Waals surface area contributed by atoms with E-state index in [4.69, 9.17) is 18.6 Å². The van der Waals surface area contributed by atoms with Crippen LogP contribution in [0, 0.1) is 0 Å². The zero-order valence-corrected chi connectivity index (χ0v) is 16.9. The molecule has 2 heterocycles. The van der Waals surface area contributed by atoms with Crippen molar-refractivity contribution < 1.29 is 23.7 Å². The largest absolute Gasteiger partial charge is 0.508 e. The fourth-order valence-corrected chi connectivity index (χ4v) is 3.47. The van der Waals surface area contributed by atoms with E-state index in [9.17, 15) is 9.90 Å². The van der Waals surface area contributed by atoms with Gasteiger partial charge in [-0.05, 0) is 43.3 Å². The van der Waals surface area contributed by atoms with Gasteiger partial charge in [0.1, 0.15) is 29.8 Å². The molecule has 0 unspecified atom stereocenters. The fraction of sp³-hybridized carbons (Fsp3) is 0.348. The lowest BCUT2D eigenvalue weighted by Gasteiger charge is -2.30. The molecule has 0 bridgehead atoms. The molecule has 0 spiro atoms. The summed E-state index contributed by atoms with van der Waals surface area (Å²) in [5, 5.41) is 10.5. The van der Waals surface area contributed by atoms with Crippen molar-refractivity contribution in [2.24, 2.45) is 0 Å². The van der Waals surface area contributed by atoms with E-state index in [0.29, 0.717) is 36.0 Å². The van der Waals surface area contributed by atoms with Crippen LogP contribution in [-0.2, 0) is 0 Å². The molecule has 7 nitrogen and oxygen atoms in total. The summed E-state index contributed by atoms with van der Waals surface area (Å²) in [7, 11) is 0. The standard InChI is InChI=1S/C23H25NO6/c1-2-24(14-19-15-28-20-8-6-17(25)12-22(20)29-19)10-3-11-27-18-7-4-16-5-9-23(26)30-21(16)13-18/h4-9,12-13,19,25H,2-3,10-11,14-15H2,1H3/t19-/m0/s1. The first-order valence-electron chi connectivity index (χ1n) is 10.1. The van der Waals surface area contributed by atoms with Crippen LogP contribution in [0.25, 0.3) is 11.0 Å². The van der Waals surface area contributed by atoms with E-state index in [1.807, 2.05) is 12.1 Å². The van der Waals surface area contributed by atoms with E-state index in [1.54, 1.807) is 30.3 Å². The number of hydrogen-bond acceptors (Lipinski definition) is 7. The Morgan fingerprint density at radius 3 is 2.87 bits per heavy atom. The highest BCUT2D eigenvalue weighted by molar-refractivity contribution is 5.77. The van der Waals surface area contributed by atoms with Crippen LogP contribution < -0.4 is 19.8 Å². The van der Waals surface area contributed by atoms with Crippen molar-refractivity contribution >= 4 is 11.0 Å². The van der Waals surface area contributed by atoms with Crippen LogP contribution in [0.4, 0.5) is 0 Å². The molecule has 3 aromatic rings. The molecular formula is C23H25NO6. The number of likely N-dealkylation sites (N-methyl/N-ethyl adjacent to an activating group) is 1. The Kier molecular flexibility index (Phi) is 6.09. The van der Waals surface area contributed by atoms with Crippen LogP contribution in [0.15, 0.2) is 57.7 Å². The lowest BCUT2D eigenvalue weighted by molar-refractivity contribution is 0.0584. The molecule has 0 saturated carbocycles. The molecule has 0 amide bonds. The Hall–Kier alpha value is -3.19. The maximum atomic E-state index is 11.4. The smallest absolute Gasteiger partial charge is 0.336 e. The first-order valence-corrected chi connectivity index (χ1v) is 10.1. The van der Waals surface area contributed by atoms with Crippen LogP contribution in [0.5, 0.6) is 23.0 Å². The summed E-state index contributed by atoms with van der Waals surface area (Å²) in [6.45, 7) is 5.60. The van der Waals surface area contributed by atoms with Crippen molar-refractivity contribution in [3.05, 3.63) is 59.0 Å². The zero-order valence-electron chi connectivity index (χ0n) is 16.9. The summed E-state index contributed by atoms with van der Waals surface area (Å²) in [5.74, 6) is 2.08. The van der Waals surface area contributed by atoms with E-state index in [1.165, 1.54) is 6.07 Å². The van der Waals surface area contributed by atoms with Crippen molar-refractivity contribution in [1.29, 1.82) is 0 Å².